The zero-order valence-corrected chi connectivity index (χ0v) is 18.7. The summed E-state index contributed by atoms with van der Waals surface area (Å²) in [6.45, 7) is 5.52. The molecule has 3 heterocycles. The van der Waals surface area contributed by atoms with Crippen LogP contribution in [0.3, 0.4) is 0 Å². The van der Waals surface area contributed by atoms with Crippen molar-refractivity contribution in [1.82, 2.24) is 19.7 Å². The maximum absolute atomic E-state index is 5.99. The molecule has 4 aromatic rings. The van der Waals surface area contributed by atoms with Gasteiger partial charge in [-0.15, -0.1) is 0 Å². The van der Waals surface area contributed by atoms with E-state index >= 15 is 0 Å². The fourth-order valence-corrected chi connectivity index (χ4v) is 3.85. The SMILES string of the molecule is Cc1cccc(-c2ccn(-c3cc(N4CCOCC4)nc(OCCc4ccccc4)n3)n2)c1. The van der Waals surface area contributed by atoms with Crippen LogP contribution in [0.25, 0.3) is 17.1 Å². The summed E-state index contributed by atoms with van der Waals surface area (Å²) in [5.74, 6) is 1.51. The first kappa shape index (κ1) is 21.2. The van der Waals surface area contributed by atoms with Crippen molar-refractivity contribution in [2.24, 2.45) is 0 Å². The third-order valence-corrected chi connectivity index (χ3v) is 5.62. The number of hydrogen-bond donors (Lipinski definition) is 0. The zero-order valence-electron chi connectivity index (χ0n) is 18.7. The number of nitrogens with zero attached hydrogens (tertiary/aromatic N) is 5. The summed E-state index contributed by atoms with van der Waals surface area (Å²) in [6, 6.07) is 22.9. The predicted octanol–water partition coefficient (Wildman–Crippen LogP) is 4.10. The molecular weight excluding hydrogens is 414 g/mol. The van der Waals surface area contributed by atoms with E-state index in [1.165, 1.54) is 11.1 Å². The normalized spacial score (nSPS) is 13.8. The average Bonchev–Trinajstić information content (AvgIpc) is 3.36. The number of aryl methyl sites for hydroxylation is 1. The minimum atomic E-state index is 0.359. The Kier molecular flexibility index (Phi) is 6.30. The number of benzene rings is 2. The van der Waals surface area contributed by atoms with E-state index in [0.717, 1.165) is 36.6 Å². The van der Waals surface area contributed by atoms with E-state index in [-0.39, 0.29) is 0 Å². The van der Waals surface area contributed by atoms with Crippen LogP contribution in [0.4, 0.5) is 5.82 Å². The van der Waals surface area contributed by atoms with Gasteiger partial charge >= 0.3 is 6.01 Å². The fourth-order valence-electron chi connectivity index (χ4n) is 3.85. The molecule has 0 N–H and O–H groups in total. The molecule has 7 heteroatoms. The second kappa shape index (κ2) is 9.83. The average molecular weight is 442 g/mol. The number of anilines is 1. The van der Waals surface area contributed by atoms with E-state index in [0.29, 0.717) is 31.6 Å². The number of morpholine rings is 1. The van der Waals surface area contributed by atoms with Crippen LogP contribution in [0.2, 0.25) is 0 Å². The minimum absolute atomic E-state index is 0.359. The highest BCUT2D eigenvalue weighted by Crippen LogP contribution is 2.23. The summed E-state index contributed by atoms with van der Waals surface area (Å²) in [7, 11) is 0. The van der Waals surface area contributed by atoms with Crippen molar-refractivity contribution in [2.75, 3.05) is 37.8 Å². The first-order valence-corrected chi connectivity index (χ1v) is 11.3. The van der Waals surface area contributed by atoms with Crippen LogP contribution in [0.15, 0.2) is 72.9 Å². The van der Waals surface area contributed by atoms with Crippen molar-refractivity contribution < 1.29 is 9.47 Å². The van der Waals surface area contributed by atoms with E-state index in [2.05, 4.69) is 52.1 Å². The van der Waals surface area contributed by atoms with E-state index in [4.69, 9.17) is 14.6 Å². The van der Waals surface area contributed by atoms with Crippen molar-refractivity contribution in [2.45, 2.75) is 13.3 Å². The van der Waals surface area contributed by atoms with Gasteiger partial charge in [0.15, 0.2) is 5.82 Å². The lowest BCUT2D eigenvalue weighted by molar-refractivity contribution is 0.122. The van der Waals surface area contributed by atoms with E-state index in [1.807, 2.05) is 42.6 Å². The highest BCUT2D eigenvalue weighted by atomic mass is 16.5. The van der Waals surface area contributed by atoms with E-state index in [9.17, 15) is 0 Å². The second-order valence-electron chi connectivity index (χ2n) is 8.07. The van der Waals surface area contributed by atoms with E-state index < -0.39 is 0 Å². The van der Waals surface area contributed by atoms with Crippen LogP contribution in [0.5, 0.6) is 6.01 Å². The molecule has 0 atom stereocenters. The standard InChI is InChI=1S/C26H27N5O2/c1-20-6-5-9-22(18-20)23-10-12-31(29-23)25-19-24(30-13-16-32-17-14-30)27-26(28-25)33-15-11-21-7-3-2-4-8-21/h2-10,12,18-19H,11,13-17H2,1H3. The van der Waals surface area contributed by atoms with Crippen LogP contribution in [0.1, 0.15) is 11.1 Å². The Hall–Kier alpha value is -3.71. The molecule has 2 aromatic heterocycles. The Morgan fingerprint density at radius 3 is 2.55 bits per heavy atom. The number of ether oxygens (including phenoxy) is 2. The first-order valence-electron chi connectivity index (χ1n) is 11.3. The van der Waals surface area contributed by atoms with Gasteiger partial charge in [-0.25, -0.2) is 4.68 Å². The van der Waals surface area contributed by atoms with Gasteiger partial charge in [0.05, 0.1) is 25.5 Å². The minimum Gasteiger partial charge on any atom is -0.463 e. The van der Waals surface area contributed by atoms with E-state index in [1.54, 1.807) is 4.68 Å². The van der Waals surface area contributed by atoms with Gasteiger partial charge < -0.3 is 14.4 Å². The molecule has 1 fully saturated rings. The highest BCUT2D eigenvalue weighted by Gasteiger charge is 2.17. The maximum atomic E-state index is 5.99. The summed E-state index contributed by atoms with van der Waals surface area (Å²) in [4.78, 5) is 11.5. The van der Waals surface area contributed by atoms with Crippen molar-refractivity contribution in [3.05, 3.63) is 84.1 Å². The predicted molar refractivity (Wildman–Crippen MR) is 128 cm³/mol. The Balaban J connectivity index is 1.41. The lowest BCUT2D eigenvalue weighted by Crippen LogP contribution is -2.37. The molecule has 0 unspecified atom stereocenters. The molecule has 0 bridgehead atoms. The molecule has 2 aromatic carbocycles. The molecule has 33 heavy (non-hydrogen) atoms. The molecule has 1 aliphatic heterocycles. The van der Waals surface area contributed by atoms with Gasteiger partial charge in [0, 0.05) is 37.3 Å². The fraction of sp³-hybridized carbons (Fsp3) is 0.269. The molecule has 0 radical (unpaired) electrons. The Bertz CT molecular complexity index is 1200. The first-order chi connectivity index (χ1) is 16.2. The lowest BCUT2D eigenvalue weighted by Gasteiger charge is -2.28. The van der Waals surface area contributed by atoms with Gasteiger partial charge in [-0.1, -0.05) is 54.1 Å². The highest BCUT2D eigenvalue weighted by molar-refractivity contribution is 5.60. The van der Waals surface area contributed by atoms with Gasteiger partial charge in [-0.3, -0.25) is 0 Å². The molecule has 0 amide bonds. The third kappa shape index (κ3) is 5.21. The van der Waals surface area contributed by atoms with Crippen molar-refractivity contribution in [1.29, 1.82) is 0 Å². The summed E-state index contributed by atoms with van der Waals surface area (Å²) in [6.07, 6.45) is 2.72. The molecule has 0 saturated carbocycles. The van der Waals surface area contributed by atoms with Crippen LogP contribution in [-0.2, 0) is 11.2 Å². The maximum Gasteiger partial charge on any atom is 0.320 e. The van der Waals surface area contributed by atoms with Gasteiger partial charge in [0.2, 0.25) is 0 Å². The molecule has 0 spiro atoms. The molecule has 0 aliphatic carbocycles. The van der Waals surface area contributed by atoms with Crippen molar-refractivity contribution in [3.63, 3.8) is 0 Å². The summed E-state index contributed by atoms with van der Waals surface area (Å²) < 4.78 is 13.3. The zero-order chi connectivity index (χ0) is 22.5. The molecular formula is C26H27N5O2. The van der Waals surface area contributed by atoms with Gasteiger partial charge in [-0.05, 0) is 24.6 Å². The summed E-state index contributed by atoms with van der Waals surface area (Å²) in [5.41, 5.74) is 4.40. The Labute approximate surface area is 193 Å². The number of rotatable bonds is 7. The lowest BCUT2D eigenvalue weighted by atomic mass is 10.1. The summed E-state index contributed by atoms with van der Waals surface area (Å²) >= 11 is 0. The summed E-state index contributed by atoms with van der Waals surface area (Å²) in [5, 5.41) is 4.77. The number of hydrogen-bond acceptors (Lipinski definition) is 6. The molecule has 7 nitrogen and oxygen atoms in total. The van der Waals surface area contributed by atoms with Gasteiger partial charge in [0.25, 0.3) is 0 Å². The van der Waals surface area contributed by atoms with Gasteiger partial charge in [0.1, 0.15) is 5.82 Å². The van der Waals surface area contributed by atoms with Crippen LogP contribution in [-0.4, -0.2) is 52.7 Å². The monoisotopic (exact) mass is 441 g/mol. The van der Waals surface area contributed by atoms with Crippen molar-refractivity contribution >= 4 is 5.82 Å². The molecule has 5 rings (SSSR count). The smallest absolute Gasteiger partial charge is 0.320 e. The second-order valence-corrected chi connectivity index (χ2v) is 8.07. The quantitative estimate of drug-likeness (QED) is 0.430. The Morgan fingerprint density at radius 2 is 1.73 bits per heavy atom. The van der Waals surface area contributed by atoms with Crippen LogP contribution in [0, 0.1) is 6.92 Å². The third-order valence-electron chi connectivity index (χ3n) is 5.62. The Morgan fingerprint density at radius 1 is 0.909 bits per heavy atom. The van der Waals surface area contributed by atoms with Crippen molar-refractivity contribution in [3.8, 4) is 23.1 Å². The van der Waals surface area contributed by atoms with Crippen LogP contribution < -0.4 is 9.64 Å². The van der Waals surface area contributed by atoms with Gasteiger partial charge in [-0.2, -0.15) is 15.1 Å². The topological polar surface area (TPSA) is 65.3 Å². The number of aromatic nitrogens is 4. The molecule has 1 aliphatic rings. The molecule has 168 valence electrons. The van der Waals surface area contributed by atoms with Crippen LogP contribution >= 0.6 is 0 Å². The molecule has 1 saturated heterocycles. The largest absolute Gasteiger partial charge is 0.463 e.